The third-order valence-corrected chi connectivity index (χ3v) is 5.87. The highest BCUT2D eigenvalue weighted by Gasteiger charge is 2.09. The number of rotatable bonds is 4. The summed E-state index contributed by atoms with van der Waals surface area (Å²) < 4.78 is 11.8. The standard InChI is InChI=1S/C30H22N2O2/c1-19-4-16-27-26(17-19)32-30(33-27)24-13-9-22(10-14-24)6-5-21-7-11-23(12-8-21)29-31-25-15-3-20(2)18-28(25)34-29/h3-18H,1-2H3/b6-5+. The molecule has 0 bridgehead atoms. The quantitative estimate of drug-likeness (QED) is 0.259. The van der Waals surface area contributed by atoms with Crippen molar-refractivity contribution in [1.82, 2.24) is 9.97 Å². The molecule has 0 aliphatic heterocycles. The monoisotopic (exact) mass is 442 g/mol. The average molecular weight is 443 g/mol. The lowest BCUT2D eigenvalue weighted by Crippen LogP contribution is -1.79. The van der Waals surface area contributed by atoms with E-state index in [1.807, 2.05) is 67.6 Å². The van der Waals surface area contributed by atoms with E-state index in [0.717, 1.165) is 50.0 Å². The first-order valence-corrected chi connectivity index (χ1v) is 11.2. The van der Waals surface area contributed by atoms with Gasteiger partial charge in [0.05, 0.1) is 0 Å². The smallest absolute Gasteiger partial charge is 0.227 e. The van der Waals surface area contributed by atoms with Crippen LogP contribution >= 0.6 is 0 Å². The summed E-state index contributed by atoms with van der Waals surface area (Å²) in [7, 11) is 0. The zero-order chi connectivity index (χ0) is 23.1. The van der Waals surface area contributed by atoms with Gasteiger partial charge >= 0.3 is 0 Å². The molecular weight excluding hydrogens is 420 g/mol. The number of aryl methyl sites for hydroxylation is 2. The maximum Gasteiger partial charge on any atom is 0.227 e. The van der Waals surface area contributed by atoms with Crippen molar-refractivity contribution in [3.63, 3.8) is 0 Å². The molecule has 0 saturated heterocycles. The molecule has 0 aliphatic carbocycles. The Balaban J connectivity index is 1.18. The zero-order valence-corrected chi connectivity index (χ0v) is 18.9. The molecule has 164 valence electrons. The third-order valence-electron chi connectivity index (χ3n) is 5.87. The van der Waals surface area contributed by atoms with Gasteiger partial charge in [0.15, 0.2) is 11.2 Å². The summed E-state index contributed by atoms with van der Waals surface area (Å²) in [5.74, 6) is 1.28. The molecule has 6 rings (SSSR count). The van der Waals surface area contributed by atoms with Crippen LogP contribution in [0, 0.1) is 13.8 Å². The van der Waals surface area contributed by atoms with Gasteiger partial charge in [-0.25, -0.2) is 9.97 Å². The van der Waals surface area contributed by atoms with E-state index in [4.69, 9.17) is 8.83 Å². The molecule has 0 amide bonds. The van der Waals surface area contributed by atoms with E-state index in [9.17, 15) is 0 Å². The number of hydrogen-bond acceptors (Lipinski definition) is 4. The highest BCUT2D eigenvalue weighted by molar-refractivity contribution is 5.79. The van der Waals surface area contributed by atoms with Gasteiger partial charge in [-0.1, -0.05) is 48.6 Å². The summed E-state index contributed by atoms with van der Waals surface area (Å²) in [5, 5.41) is 0. The lowest BCUT2D eigenvalue weighted by molar-refractivity contribution is 0.619. The lowest BCUT2D eigenvalue weighted by Gasteiger charge is -1.99. The van der Waals surface area contributed by atoms with Gasteiger partial charge < -0.3 is 8.83 Å². The lowest BCUT2D eigenvalue weighted by atomic mass is 10.1. The average Bonchev–Trinajstić information content (AvgIpc) is 3.47. The molecule has 2 aromatic heterocycles. The van der Waals surface area contributed by atoms with Crippen LogP contribution in [-0.4, -0.2) is 9.97 Å². The molecule has 0 unspecified atom stereocenters. The molecule has 4 nitrogen and oxygen atoms in total. The fraction of sp³-hybridized carbons (Fsp3) is 0.0667. The Labute approximate surface area is 197 Å². The Morgan fingerprint density at radius 3 is 1.71 bits per heavy atom. The SMILES string of the molecule is Cc1ccc2oc(-c3ccc(/C=C/c4ccc(-c5nc6ccc(C)cc6o5)cc4)cc3)nc2c1. The van der Waals surface area contributed by atoms with Crippen LogP contribution in [0.5, 0.6) is 0 Å². The van der Waals surface area contributed by atoms with Gasteiger partial charge in [0.2, 0.25) is 11.8 Å². The van der Waals surface area contributed by atoms with Gasteiger partial charge in [0, 0.05) is 11.1 Å². The van der Waals surface area contributed by atoms with Crippen LogP contribution < -0.4 is 0 Å². The molecule has 0 fully saturated rings. The minimum atomic E-state index is 0.640. The first-order chi connectivity index (χ1) is 16.6. The van der Waals surface area contributed by atoms with Gasteiger partial charge in [-0.3, -0.25) is 0 Å². The van der Waals surface area contributed by atoms with Gasteiger partial charge in [-0.05, 0) is 84.6 Å². The van der Waals surface area contributed by atoms with E-state index < -0.39 is 0 Å². The molecule has 2 heterocycles. The van der Waals surface area contributed by atoms with Crippen molar-refractivity contribution < 1.29 is 8.83 Å². The van der Waals surface area contributed by atoms with Crippen LogP contribution in [0.15, 0.2) is 93.8 Å². The van der Waals surface area contributed by atoms with Crippen molar-refractivity contribution in [2.45, 2.75) is 13.8 Å². The molecule has 0 saturated carbocycles. The first-order valence-electron chi connectivity index (χ1n) is 11.2. The predicted octanol–water partition coefficient (Wildman–Crippen LogP) is 8.09. The highest BCUT2D eigenvalue weighted by atomic mass is 16.4. The minimum absolute atomic E-state index is 0.640. The molecule has 4 heteroatoms. The molecule has 34 heavy (non-hydrogen) atoms. The van der Waals surface area contributed by atoms with Gasteiger partial charge in [0.1, 0.15) is 11.0 Å². The summed E-state index contributed by atoms with van der Waals surface area (Å²) in [6.45, 7) is 4.10. The number of hydrogen-bond donors (Lipinski definition) is 0. The van der Waals surface area contributed by atoms with Crippen LogP contribution in [-0.2, 0) is 0 Å². The van der Waals surface area contributed by atoms with Crippen LogP contribution in [0.2, 0.25) is 0 Å². The third kappa shape index (κ3) is 3.90. The van der Waals surface area contributed by atoms with Gasteiger partial charge in [0.25, 0.3) is 0 Å². The van der Waals surface area contributed by atoms with Crippen LogP contribution in [0.1, 0.15) is 22.3 Å². The summed E-state index contributed by atoms with van der Waals surface area (Å²) in [6, 6.07) is 28.5. The van der Waals surface area contributed by atoms with E-state index in [1.54, 1.807) is 0 Å². The number of fused-ring (bicyclic) bond motifs is 2. The Kier molecular flexibility index (Phi) is 4.84. The van der Waals surface area contributed by atoms with Crippen molar-refractivity contribution in [2.75, 3.05) is 0 Å². The van der Waals surface area contributed by atoms with Crippen molar-refractivity contribution in [3.8, 4) is 22.9 Å². The second-order valence-electron chi connectivity index (χ2n) is 8.56. The molecule has 0 spiro atoms. The Bertz CT molecular complexity index is 1530. The number of oxazole rings is 2. The topological polar surface area (TPSA) is 52.1 Å². The molecule has 6 aromatic rings. The molecule has 0 N–H and O–H groups in total. The van der Waals surface area contributed by atoms with Crippen LogP contribution in [0.25, 0.3) is 57.3 Å². The number of benzene rings is 4. The summed E-state index contributed by atoms with van der Waals surface area (Å²) in [4.78, 5) is 9.22. The van der Waals surface area contributed by atoms with Gasteiger partial charge in [-0.15, -0.1) is 0 Å². The minimum Gasteiger partial charge on any atom is -0.436 e. The Hall–Kier alpha value is -4.44. The summed E-state index contributed by atoms with van der Waals surface area (Å²) in [5.41, 5.74) is 9.85. The molecule has 0 aliphatic rings. The van der Waals surface area contributed by atoms with Crippen molar-refractivity contribution in [1.29, 1.82) is 0 Å². The molecule has 4 aromatic carbocycles. The number of aromatic nitrogens is 2. The van der Waals surface area contributed by atoms with E-state index >= 15 is 0 Å². The van der Waals surface area contributed by atoms with E-state index in [0.29, 0.717) is 11.8 Å². The fourth-order valence-electron chi connectivity index (χ4n) is 3.98. The fourth-order valence-corrected chi connectivity index (χ4v) is 3.98. The Morgan fingerprint density at radius 1 is 0.529 bits per heavy atom. The molecule has 0 radical (unpaired) electrons. The van der Waals surface area contributed by atoms with Crippen molar-refractivity contribution in [2.24, 2.45) is 0 Å². The van der Waals surface area contributed by atoms with Crippen LogP contribution in [0.3, 0.4) is 0 Å². The summed E-state index contributed by atoms with van der Waals surface area (Å²) >= 11 is 0. The highest BCUT2D eigenvalue weighted by Crippen LogP contribution is 2.27. The second-order valence-corrected chi connectivity index (χ2v) is 8.56. The molecular formula is C30H22N2O2. The van der Waals surface area contributed by atoms with E-state index in [2.05, 4.69) is 53.3 Å². The normalized spacial score (nSPS) is 11.7. The van der Waals surface area contributed by atoms with E-state index in [1.165, 1.54) is 5.56 Å². The molecule has 0 atom stereocenters. The zero-order valence-electron chi connectivity index (χ0n) is 18.9. The predicted molar refractivity (Wildman–Crippen MR) is 137 cm³/mol. The summed E-state index contributed by atoms with van der Waals surface area (Å²) in [6.07, 6.45) is 4.19. The second kappa shape index (κ2) is 8.16. The maximum atomic E-state index is 5.93. The number of nitrogens with zero attached hydrogens (tertiary/aromatic N) is 2. The Morgan fingerprint density at radius 2 is 1.06 bits per heavy atom. The van der Waals surface area contributed by atoms with E-state index in [-0.39, 0.29) is 0 Å². The van der Waals surface area contributed by atoms with Crippen molar-refractivity contribution >= 4 is 34.4 Å². The van der Waals surface area contributed by atoms with Crippen molar-refractivity contribution in [3.05, 3.63) is 107 Å². The van der Waals surface area contributed by atoms with Gasteiger partial charge in [-0.2, -0.15) is 0 Å². The van der Waals surface area contributed by atoms with Crippen LogP contribution in [0.4, 0.5) is 0 Å². The first kappa shape index (κ1) is 20.2. The largest absolute Gasteiger partial charge is 0.436 e. The maximum absolute atomic E-state index is 5.93.